The topological polar surface area (TPSA) is 41.3 Å². The molecule has 3 N–H and O–H groups in total. The second kappa shape index (κ2) is 6.01. The highest BCUT2D eigenvalue weighted by molar-refractivity contribution is 7.19. The Morgan fingerprint density at radius 2 is 1.95 bits per heavy atom. The lowest BCUT2D eigenvalue weighted by molar-refractivity contribution is 0.221. The van der Waals surface area contributed by atoms with E-state index in [1.54, 1.807) is 0 Å². The van der Waals surface area contributed by atoms with Crippen LogP contribution in [-0.4, -0.2) is 18.0 Å². The van der Waals surface area contributed by atoms with Crippen LogP contribution in [0.4, 0.5) is 0 Å². The number of nitrogens with two attached hydrogens (primary N) is 1. The van der Waals surface area contributed by atoms with Crippen molar-refractivity contribution in [2.45, 2.75) is 32.4 Å². The third kappa shape index (κ3) is 2.82. The van der Waals surface area contributed by atoms with Crippen LogP contribution in [0.3, 0.4) is 0 Å². The Morgan fingerprint density at radius 1 is 1.16 bits per heavy atom. The summed E-state index contributed by atoms with van der Waals surface area (Å²) in [4.78, 5) is 3.96. The summed E-state index contributed by atoms with van der Waals surface area (Å²) in [5.41, 5.74) is 4.29. The molecule has 0 bridgehead atoms. The zero-order valence-electron chi connectivity index (χ0n) is 11.2. The first-order valence-corrected chi connectivity index (χ1v) is 7.85. The van der Waals surface area contributed by atoms with Gasteiger partial charge in [0.25, 0.3) is 0 Å². The van der Waals surface area contributed by atoms with Gasteiger partial charge in [-0.2, -0.15) is 0 Å². The Morgan fingerprint density at radius 3 is 2.74 bits per heavy atom. The van der Waals surface area contributed by atoms with Gasteiger partial charge in [0.05, 0.1) is 0 Å². The number of hydrazine groups is 1. The summed E-state index contributed by atoms with van der Waals surface area (Å²) in [6, 6.07) is 8.70. The van der Waals surface area contributed by atoms with Crippen molar-refractivity contribution >= 4 is 21.4 Å². The summed E-state index contributed by atoms with van der Waals surface area (Å²) in [7, 11) is 0. The first kappa shape index (κ1) is 13.1. The van der Waals surface area contributed by atoms with E-state index < -0.39 is 0 Å². The maximum absolute atomic E-state index is 5.53. The highest BCUT2D eigenvalue weighted by atomic mass is 32.1. The second-order valence-electron chi connectivity index (χ2n) is 5.22. The number of piperidine rings is 1. The molecule has 1 fully saturated rings. The molecule has 1 aliphatic rings. The molecule has 1 saturated heterocycles. The van der Waals surface area contributed by atoms with Crippen molar-refractivity contribution in [3.05, 3.63) is 34.7 Å². The number of benzene rings is 1. The predicted molar refractivity (Wildman–Crippen MR) is 82.0 cm³/mol. The van der Waals surface area contributed by atoms with Crippen LogP contribution in [-0.2, 0) is 13.1 Å². The minimum atomic E-state index is 0.766. The molecule has 19 heavy (non-hydrogen) atoms. The smallest absolute Gasteiger partial charge is 0.0446 e. The standard InChI is InChI=1S/C15H21N3S/c16-17-10-15-13(11-18-8-4-1-5-9-18)12-6-2-3-7-14(12)19-15/h2-3,6-7,17H,1,4-5,8-11,16H2. The number of hydrogen-bond donors (Lipinski definition) is 2. The van der Waals surface area contributed by atoms with Crippen LogP contribution in [0, 0.1) is 0 Å². The van der Waals surface area contributed by atoms with Crippen LogP contribution in [0.1, 0.15) is 29.7 Å². The van der Waals surface area contributed by atoms with Crippen molar-refractivity contribution in [1.82, 2.24) is 10.3 Å². The quantitative estimate of drug-likeness (QED) is 0.666. The molecule has 0 saturated carbocycles. The van der Waals surface area contributed by atoms with Gasteiger partial charge in [-0.3, -0.25) is 16.2 Å². The van der Waals surface area contributed by atoms with Crippen molar-refractivity contribution in [3.8, 4) is 0 Å². The van der Waals surface area contributed by atoms with Crippen LogP contribution >= 0.6 is 11.3 Å². The van der Waals surface area contributed by atoms with Gasteiger partial charge >= 0.3 is 0 Å². The van der Waals surface area contributed by atoms with E-state index in [2.05, 4.69) is 34.6 Å². The lowest BCUT2D eigenvalue weighted by Gasteiger charge is -2.26. The summed E-state index contributed by atoms with van der Waals surface area (Å²) >= 11 is 1.87. The normalized spacial score (nSPS) is 17.1. The Labute approximate surface area is 118 Å². The largest absolute Gasteiger partial charge is 0.299 e. The zero-order chi connectivity index (χ0) is 13.1. The molecule has 1 aromatic carbocycles. The molecule has 4 heteroatoms. The summed E-state index contributed by atoms with van der Waals surface area (Å²) < 4.78 is 1.37. The number of thiophene rings is 1. The van der Waals surface area contributed by atoms with Gasteiger partial charge in [0.2, 0.25) is 0 Å². The van der Waals surface area contributed by atoms with Crippen molar-refractivity contribution in [3.63, 3.8) is 0 Å². The molecular weight excluding hydrogens is 254 g/mol. The van der Waals surface area contributed by atoms with Crippen LogP contribution < -0.4 is 11.3 Å². The van der Waals surface area contributed by atoms with Gasteiger partial charge in [-0.15, -0.1) is 11.3 Å². The minimum absolute atomic E-state index is 0.766. The van der Waals surface area contributed by atoms with Crippen LogP contribution in [0.25, 0.3) is 10.1 Å². The van der Waals surface area contributed by atoms with Crippen molar-refractivity contribution in [2.24, 2.45) is 5.84 Å². The molecule has 0 spiro atoms. The molecule has 0 aliphatic carbocycles. The van der Waals surface area contributed by atoms with E-state index in [4.69, 9.17) is 5.84 Å². The molecule has 102 valence electrons. The number of likely N-dealkylation sites (tertiary alicyclic amines) is 1. The lowest BCUT2D eigenvalue weighted by Crippen LogP contribution is -2.29. The number of fused-ring (bicyclic) bond motifs is 1. The molecule has 1 aliphatic heterocycles. The predicted octanol–water partition coefficient (Wildman–Crippen LogP) is 2.85. The van der Waals surface area contributed by atoms with Crippen LogP contribution in [0.5, 0.6) is 0 Å². The number of nitrogens with zero attached hydrogens (tertiary/aromatic N) is 1. The monoisotopic (exact) mass is 275 g/mol. The minimum Gasteiger partial charge on any atom is -0.299 e. The Kier molecular flexibility index (Phi) is 4.13. The number of rotatable bonds is 4. The van der Waals surface area contributed by atoms with E-state index in [-0.39, 0.29) is 0 Å². The molecule has 2 heterocycles. The third-order valence-electron chi connectivity index (χ3n) is 3.87. The molecule has 1 aromatic heterocycles. The highest BCUT2D eigenvalue weighted by Gasteiger charge is 2.16. The Bertz CT molecular complexity index is 543. The van der Waals surface area contributed by atoms with Gasteiger partial charge in [-0.05, 0) is 42.9 Å². The van der Waals surface area contributed by atoms with E-state index in [0.29, 0.717) is 0 Å². The molecule has 0 radical (unpaired) electrons. The summed E-state index contributed by atoms with van der Waals surface area (Å²) in [6.45, 7) is 4.31. The molecule has 0 amide bonds. The van der Waals surface area contributed by atoms with Gasteiger partial charge in [0, 0.05) is 22.7 Å². The molecular formula is C15H21N3S. The SMILES string of the molecule is NNCc1sc2ccccc2c1CN1CCCCC1. The van der Waals surface area contributed by atoms with E-state index in [0.717, 1.165) is 13.1 Å². The first-order chi connectivity index (χ1) is 9.38. The third-order valence-corrected chi connectivity index (χ3v) is 5.09. The van der Waals surface area contributed by atoms with Crippen LogP contribution in [0.2, 0.25) is 0 Å². The fourth-order valence-electron chi connectivity index (χ4n) is 2.90. The second-order valence-corrected chi connectivity index (χ2v) is 6.35. The fourth-order valence-corrected chi connectivity index (χ4v) is 4.07. The van der Waals surface area contributed by atoms with Crippen molar-refractivity contribution < 1.29 is 0 Å². The van der Waals surface area contributed by atoms with Gasteiger partial charge in [-0.1, -0.05) is 24.6 Å². The molecule has 3 nitrogen and oxygen atoms in total. The van der Waals surface area contributed by atoms with Gasteiger partial charge in [-0.25, -0.2) is 0 Å². The molecule has 0 atom stereocenters. The van der Waals surface area contributed by atoms with E-state index in [9.17, 15) is 0 Å². The van der Waals surface area contributed by atoms with E-state index in [1.165, 1.54) is 52.9 Å². The number of nitrogens with one attached hydrogen (secondary N) is 1. The molecule has 2 aromatic rings. The average Bonchev–Trinajstić information content (AvgIpc) is 2.79. The maximum Gasteiger partial charge on any atom is 0.0446 e. The maximum atomic E-state index is 5.53. The van der Waals surface area contributed by atoms with E-state index in [1.807, 2.05) is 11.3 Å². The lowest BCUT2D eigenvalue weighted by atomic mass is 10.1. The summed E-state index contributed by atoms with van der Waals surface area (Å²) in [5.74, 6) is 5.53. The Hall–Kier alpha value is -0.940. The fraction of sp³-hybridized carbons (Fsp3) is 0.467. The van der Waals surface area contributed by atoms with Crippen molar-refractivity contribution in [1.29, 1.82) is 0 Å². The molecule has 3 rings (SSSR count). The Balaban J connectivity index is 1.92. The van der Waals surface area contributed by atoms with Gasteiger partial charge in [0.1, 0.15) is 0 Å². The van der Waals surface area contributed by atoms with Crippen LogP contribution in [0.15, 0.2) is 24.3 Å². The zero-order valence-corrected chi connectivity index (χ0v) is 12.0. The van der Waals surface area contributed by atoms with Crippen molar-refractivity contribution in [2.75, 3.05) is 13.1 Å². The van der Waals surface area contributed by atoms with E-state index >= 15 is 0 Å². The van der Waals surface area contributed by atoms with Gasteiger partial charge in [0.15, 0.2) is 0 Å². The number of hydrogen-bond acceptors (Lipinski definition) is 4. The highest BCUT2D eigenvalue weighted by Crippen LogP contribution is 2.32. The van der Waals surface area contributed by atoms with Gasteiger partial charge < -0.3 is 0 Å². The summed E-state index contributed by atoms with van der Waals surface area (Å²) in [5, 5.41) is 1.41. The summed E-state index contributed by atoms with van der Waals surface area (Å²) in [6.07, 6.45) is 4.07. The first-order valence-electron chi connectivity index (χ1n) is 7.03. The molecule has 0 unspecified atom stereocenters. The average molecular weight is 275 g/mol.